The summed E-state index contributed by atoms with van der Waals surface area (Å²) in [6, 6.07) is 6.57. The summed E-state index contributed by atoms with van der Waals surface area (Å²) in [6.45, 7) is 0.346. The number of nitrogens with zero attached hydrogens (tertiary/aromatic N) is 3. The van der Waals surface area contributed by atoms with Crippen molar-refractivity contribution in [3.63, 3.8) is 0 Å². The Labute approximate surface area is 119 Å². The summed E-state index contributed by atoms with van der Waals surface area (Å²) in [5, 5.41) is 12.6. The largest absolute Gasteiger partial charge is 0.459 e. The van der Waals surface area contributed by atoms with Gasteiger partial charge in [0.05, 0.1) is 6.26 Å². The van der Waals surface area contributed by atoms with Gasteiger partial charge < -0.3 is 14.2 Å². The van der Waals surface area contributed by atoms with Gasteiger partial charge in [0, 0.05) is 18.9 Å². The number of anilines is 1. The SMILES string of the molecule is O=C(NCc1cccnc1)Nc1nnc(-c2ccco2)o1. The van der Waals surface area contributed by atoms with E-state index in [0.29, 0.717) is 12.3 Å². The number of furan rings is 1. The van der Waals surface area contributed by atoms with Gasteiger partial charge in [0.15, 0.2) is 5.76 Å². The standard InChI is InChI=1S/C13H11N5O3/c19-12(15-8-9-3-1-5-14-7-9)16-13-18-17-11(21-13)10-4-2-6-20-10/h1-7H,8H2,(H2,15,16,18,19). The molecule has 0 spiro atoms. The lowest BCUT2D eigenvalue weighted by Crippen LogP contribution is -2.28. The zero-order valence-corrected chi connectivity index (χ0v) is 10.8. The van der Waals surface area contributed by atoms with Crippen molar-refractivity contribution >= 4 is 12.0 Å². The van der Waals surface area contributed by atoms with Crippen LogP contribution < -0.4 is 10.6 Å². The van der Waals surface area contributed by atoms with Crippen LogP contribution >= 0.6 is 0 Å². The zero-order valence-electron chi connectivity index (χ0n) is 10.8. The van der Waals surface area contributed by atoms with Crippen molar-refractivity contribution < 1.29 is 13.6 Å². The Balaban J connectivity index is 1.55. The van der Waals surface area contributed by atoms with E-state index in [-0.39, 0.29) is 11.9 Å². The summed E-state index contributed by atoms with van der Waals surface area (Å²) in [5.41, 5.74) is 0.884. The van der Waals surface area contributed by atoms with Gasteiger partial charge in [-0.15, -0.1) is 5.10 Å². The number of rotatable bonds is 4. The Kier molecular flexibility index (Phi) is 3.59. The first-order chi connectivity index (χ1) is 10.3. The molecule has 106 valence electrons. The second-order valence-electron chi connectivity index (χ2n) is 4.06. The summed E-state index contributed by atoms with van der Waals surface area (Å²) >= 11 is 0. The number of pyridine rings is 1. The van der Waals surface area contributed by atoms with E-state index >= 15 is 0 Å². The molecule has 0 saturated heterocycles. The monoisotopic (exact) mass is 285 g/mol. The predicted octanol–water partition coefficient (Wildman–Crippen LogP) is 2.05. The minimum Gasteiger partial charge on any atom is -0.459 e. The number of aromatic nitrogens is 3. The molecule has 2 amide bonds. The second-order valence-corrected chi connectivity index (χ2v) is 4.06. The van der Waals surface area contributed by atoms with E-state index in [1.165, 1.54) is 6.26 Å². The van der Waals surface area contributed by atoms with Crippen LogP contribution in [0.15, 0.2) is 51.8 Å². The first-order valence-corrected chi connectivity index (χ1v) is 6.12. The lowest BCUT2D eigenvalue weighted by atomic mass is 10.3. The third-order valence-corrected chi connectivity index (χ3v) is 2.55. The fraction of sp³-hybridized carbons (Fsp3) is 0.0769. The van der Waals surface area contributed by atoms with Crippen molar-refractivity contribution in [2.75, 3.05) is 5.32 Å². The van der Waals surface area contributed by atoms with Gasteiger partial charge in [0.1, 0.15) is 0 Å². The van der Waals surface area contributed by atoms with Gasteiger partial charge in [-0.25, -0.2) is 4.79 Å². The topological polar surface area (TPSA) is 106 Å². The molecular formula is C13H11N5O3. The molecule has 0 atom stereocenters. The average Bonchev–Trinajstić information content (AvgIpc) is 3.17. The molecule has 2 N–H and O–H groups in total. The summed E-state index contributed by atoms with van der Waals surface area (Å²) in [5.74, 6) is 0.633. The quantitative estimate of drug-likeness (QED) is 0.759. The van der Waals surface area contributed by atoms with Gasteiger partial charge in [0.2, 0.25) is 0 Å². The van der Waals surface area contributed by atoms with E-state index in [1.807, 2.05) is 6.07 Å². The molecule has 3 heterocycles. The van der Waals surface area contributed by atoms with Gasteiger partial charge in [-0.05, 0) is 23.8 Å². The van der Waals surface area contributed by atoms with Crippen LogP contribution in [0, 0.1) is 0 Å². The molecule has 8 heteroatoms. The number of nitrogens with one attached hydrogen (secondary N) is 2. The Morgan fingerprint density at radius 1 is 1.24 bits per heavy atom. The number of urea groups is 1. The summed E-state index contributed by atoms with van der Waals surface area (Å²) in [7, 11) is 0. The molecule has 0 aliphatic carbocycles. The van der Waals surface area contributed by atoms with Crippen LogP contribution in [0.4, 0.5) is 10.8 Å². The molecule has 8 nitrogen and oxygen atoms in total. The molecule has 0 bridgehead atoms. The van der Waals surface area contributed by atoms with Crippen molar-refractivity contribution in [2.45, 2.75) is 6.54 Å². The van der Waals surface area contributed by atoms with Gasteiger partial charge in [-0.3, -0.25) is 10.3 Å². The van der Waals surface area contributed by atoms with E-state index < -0.39 is 6.03 Å². The predicted molar refractivity (Wildman–Crippen MR) is 72.1 cm³/mol. The molecule has 0 fully saturated rings. The second kappa shape index (κ2) is 5.87. The minimum atomic E-state index is -0.450. The Morgan fingerprint density at radius 3 is 2.95 bits per heavy atom. The van der Waals surface area contributed by atoms with Crippen molar-refractivity contribution in [3.05, 3.63) is 48.5 Å². The van der Waals surface area contributed by atoms with Crippen LogP contribution in [-0.4, -0.2) is 21.2 Å². The van der Waals surface area contributed by atoms with Crippen LogP contribution in [0.25, 0.3) is 11.7 Å². The van der Waals surface area contributed by atoms with Crippen molar-refractivity contribution in [1.82, 2.24) is 20.5 Å². The molecule has 3 aromatic rings. The maximum atomic E-state index is 11.7. The highest BCUT2D eigenvalue weighted by molar-refractivity contribution is 5.86. The highest BCUT2D eigenvalue weighted by atomic mass is 16.4. The Morgan fingerprint density at radius 2 is 2.19 bits per heavy atom. The smallest absolute Gasteiger partial charge is 0.324 e. The fourth-order valence-corrected chi connectivity index (χ4v) is 1.60. The summed E-state index contributed by atoms with van der Waals surface area (Å²) in [4.78, 5) is 15.6. The average molecular weight is 285 g/mol. The van der Waals surface area contributed by atoms with Crippen molar-refractivity contribution in [2.24, 2.45) is 0 Å². The number of hydrogen-bond donors (Lipinski definition) is 2. The first-order valence-electron chi connectivity index (χ1n) is 6.12. The summed E-state index contributed by atoms with van der Waals surface area (Å²) in [6.07, 6.45) is 4.83. The van der Waals surface area contributed by atoms with Crippen molar-refractivity contribution in [3.8, 4) is 11.7 Å². The van der Waals surface area contributed by atoms with Crippen molar-refractivity contribution in [1.29, 1.82) is 0 Å². The van der Waals surface area contributed by atoms with Gasteiger partial charge in [-0.1, -0.05) is 11.2 Å². The molecule has 21 heavy (non-hydrogen) atoms. The molecule has 0 saturated carbocycles. The molecule has 0 aromatic carbocycles. The van der Waals surface area contributed by atoms with Gasteiger partial charge >= 0.3 is 12.0 Å². The molecule has 3 aromatic heterocycles. The van der Waals surface area contributed by atoms with Crippen LogP contribution in [0.1, 0.15) is 5.56 Å². The fourth-order valence-electron chi connectivity index (χ4n) is 1.60. The number of carbonyl (C=O) groups is 1. The molecule has 3 rings (SSSR count). The minimum absolute atomic E-state index is 0.00918. The van der Waals surface area contributed by atoms with Gasteiger partial charge in [0.25, 0.3) is 5.89 Å². The third kappa shape index (κ3) is 3.24. The van der Waals surface area contributed by atoms with E-state index in [0.717, 1.165) is 5.56 Å². The number of hydrogen-bond acceptors (Lipinski definition) is 6. The normalized spacial score (nSPS) is 10.3. The highest BCUT2D eigenvalue weighted by Gasteiger charge is 2.12. The van der Waals surface area contributed by atoms with E-state index in [9.17, 15) is 4.79 Å². The highest BCUT2D eigenvalue weighted by Crippen LogP contribution is 2.19. The Bertz CT molecular complexity index is 709. The Hall–Kier alpha value is -3.16. The van der Waals surface area contributed by atoms with Crippen LogP contribution in [0.2, 0.25) is 0 Å². The molecule has 0 radical (unpaired) electrons. The van der Waals surface area contributed by atoms with Crippen LogP contribution in [-0.2, 0) is 6.54 Å². The molecule has 0 aliphatic heterocycles. The summed E-state index contributed by atoms with van der Waals surface area (Å²) < 4.78 is 10.4. The lowest BCUT2D eigenvalue weighted by Gasteiger charge is -2.03. The maximum Gasteiger partial charge on any atom is 0.324 e. The number of carbonyl (C=O) groups excluding carboxylic acids is 1. The first kappa shape index (κ1) is 12.9. The van der Waals surface area contributed by atoms with E-state index in [1.54, 1.807) is 30.6 Å². The van der Waals surface area contributed by atoms with E-state index in [4.69, 9.17) is 8.83 Å². The zero-order chi connectivity index (χ0) is 14.5. The maximum absolute atomic E-state index is 11.7. The third-order valence-electron chi connectivity index (χ3n) is 2.55. The molecule has 0 unspecified atom stereocenters. The molecular weight excluding hydrogens is 274 g/mol. The molecule has 0 aliphatic rings. The number of amides is 2. The lowest BCUT2D eigenvalue weighted by molar-refractivity contribution is 0.251. The van der Waals surface area contributed by atoms with Crippen LogP contribution in [0.3, 0.4) is 0 Å². The van der Waals surface area contributed by atoms with Crippen LogP contribution in [0.5, 0.6) is 0 Å². The van der Waals surface area contributed by atoms with E-state index in [2.05, 4.69) is 25.8 Å². The van der Waals surface area contributed by atoms with Gasteiger partial charge in [-0.2, -0.15) is 0 Å².